The summed E-state index contributed by atoms with van der Waals surface area (Å²) < 4.78 is 4.50. The molecule has 238 valence electrons. The molecule has 0 N–H and O–H groups in total. The van der Waals surface area contributed by atoms with Crippen LogP contribution in [0.1, 0.15) is 16.7 Å². The first-order chi connectivity index (χ1) is 25.6. The average molecular weight is 661 g/mol. The van der Waals surface area contributed by atoms with Gasteiger partial charge in [0.25, 0.3) is 0 Å². The van der Waals surface area contributed by atoms with Gasteiger partial charge in [0.05, 0.1) is 58.0 Å². The number of hydrogen-bond acceptors (Lipinski definition) is 3. The van der Waals surface area contributed by atoms with Crippen molar-refractivity contribution in [1.29, 1.82) is 15.8 Å². The Morgan fingerprint density at radius 1 is 0.423 bits per heavy atom. The topological polar surface area (TPSA) is 85.6 Å². The predicted octanol–water partition coefficient (Wildman–Crippen LogP) is 11.4. The van der Waals surface area contributed by atoms with E-state index in [9.17, 15) is 15.8 Å². The normalized spacial score (nSPS) is 11.0. The summed E-state index contributed by atoms with van der Waals surface area (Å²) in [5.41, 5.74) is 10.4. The van der Waals surface area contributed by atoms with Gasteiger partial charge in [0.1, 0.15) is 0 Å². The van der Waals surface area contributed by atoms with Gasteiger partial charge in [-0.05, 0) is 77.9 Å². The quantitative estimate of drug-likeness (QED) is 0.176. The van der Waals surface area contributed by atoms with Gasteiger partial charge in [-0.2, -0.15) is 15.8 Å². The third-order valence-corrected chi connectivity index (χ3v) is 9.86. The Labute approximate surface area is 298 Å². The van der Waals surface area contributed by atoms with Crippen molar-refractivity contribution in [2.45, 2.75) is 0 Å². The molecule has 0 atom stereocenters. The van der Waals surface area contributed by atoms with E-state index in [4.69, 9.17) is 6.57 Å². The van der Waals surface area contributed by atoms with E-state index in [1.165, 1.54) is 10.8 Å². The van der Waals surface area contributed by atoms with Crippen molar-refractivity contribution in [2.24, 2.45) is 0 Å². The number of nitriles is 3. The molecular formula is C46H24N6. The molecule has 0 amide bonds. The number of benzene rings is 7. The van der Waals surface area contributed by atoms with Crippen LogP contribution < -0.4 is 0 Å². The Bertz CT molecular complexity index is 3010. The molecule has 0 aliphatic rings. The van der Waals surface area contributed by atoms with Crippen LogP contribution in [0.2, 0.25) is 0 Å². The summed E-state index contributed by atoms with van der Waals surface area (Å²) in [6.45, 7) is 7.83. The molecule has 6 nitrogen and oxygen atoms in total. The second-order valence-electron chi connectivity index (χ2n) is 12.6. The van der Waals surface area contributed by atoms with E-state index in [2.05, 4.69) is 111 Å². The molecule has 0 aliphatic carbocycles. The fraction of sp³-hybridized carbons (Fsp3) is 0. The fourth-order valence-electron chi connectivity index (χ4n) is 7.66. The summed E-state index contributed by atoms with van der Waals surface area (Å²) in [6.07, 6.45) is 0. The maximum atomic E-state index is 10.0. The van der Waals surface area contributed by atoms with Crippen LogP contribution in [0.25, 0.3) is 82.1 Å². The number of fused-ring (bicyclic) bond motifs is 6. The molecule has 9 rings (SSSR count). The van der Waals surface area contributed by atoms with E-state index in [-0.39, 0.29) is 0 Å². The lowest BCUT2D eigenvalue weighted by molar-refractivity contribution is 1.13. The monoisotopic (exact) mass is 660 g/mol. The highest BCUT2D eigenvalue weighted by Gasteiger charge is 2.20. The van der Waals surface area contributed by atoms with Crippen molar-refractivity contribution in [2.75, 3.05) is 0 Å². The van der Waals surface area contributed by atoms with Crippen LogP contribution in [0.4, 0.5) is 5.69 Å². The molecule has 0 aliphatic heterocycles. The Hall–Kier alpha value is -7.90. The van der Waals surface area contributed by atoms with Crippen LogP contribution in [-0.4, -0.2) is 9.13 Å². The first kappa shape index (κ1) is 30.2. The average Bonchev–Trinajstić information content (AvgIpc) is 3.72. The maximum absolute atomic E-state index is 10.0. The number of nitrogens with zero attached hydrogens (tertiary/aromatic N) is 6. The molecule has 0 bridgehead atoms. The highest BCUT2D eigenvalue weighted by Crippen LogP contribution is 2.41. The number of aromatic nitrogens is 2. The van der Waals surface area contributed by atoms with E-state index >= 15 is 0 Å². The molecule has 0 spiro atoms. The molecule has 52 heavy (non-hydrogen) atoms. The minimum Gasteiger partial charge on any atom is -0.309 e. The smallest absolute Gasteiger partial charge is 0.196 e. The number of hydrogen-bond donors (Lipinski definition) is 0. The number of para-hydroxylation sites is 2. The van der Waals surface area contributed by atoms with Crippen LogP contribution >= 0.6 is 0 Å². The first-order valence-corrected chi connectivity index (χ1v) is 16.6. The van der Waals surface area contributed by atoms with Gasteiger partial charge < -0.3 is 9.13 Å². The molecular weight excluding hydrogens is 637 g/mol. The lowest BCUT2D eigenvalue weighted by atomic mass is 9.94. The van der Waals surface area contributed by atoms with Crippen molar-refractivity contribution >= 4 is 49.3 Å². The minimum atomic E-state index is 0.417. The SMILES string of the molecule is [C-]#[N+]c1cccc(C#N)c1-c1ccc2c(c1)c1ccc(-c3c(C#N)cccc3C#N)cc1n2-c1cccc(-n2c3ccccc3c3ccccc32)c1. The molecule has 0 radical (unpaired) electrons. The van der Waals surface area contributed by atoms with Gasteiger partial charge in [-0.25, -0.2) is 4.85 Å². The van der Waals surface area contributed by atoms with Crippen molar-refractivity contribution in [1.82, 2.24) is 9.13 Å². The third kappa shape index (κ3) is 4.47. The summed E-state index contributed by atoms with van der Waals surface area (Å²) >= 11 is 0. The molecule has 2 heterocycles. The van der Waals surface area contributed by atoms with E-state index < -0.39 is 0 Å². The molecule has 0 unspecified atom stereocenters. The Balaban J connectivity index is 1.35. The van der Waals surface area contributed by atoms with Gasteiger partial charge in [-0.1, -0.05) is 78.9 Å². The van der Waals surface area contributed by atoms with E-state index in [1.54, 1.807) is 36.4 Å². The Morgan fingerprint density at radius 2 is 0.923 bits per heavy atom. The zero-order chi connectivity index (χ0) is 35.3. The summed E-state index contributed by atoms with van der Waals surface area (Å²) in [5.74, 6) is 0. The summed E-state index contributed by atoms with van der Waals surface area (Å²) in [5, 5.41) is 34.3. The van der Waals surface area contributed by atoms with Crippen LogP contribution in [0, 0.1) is 40.6 Å². The number of rotatable bonds is 4. The molecule has 2 aromatic heterocycles. The summed E-state index contributed by atoms with van der Waals surface area (Å²) in [6, 6.07) is 54.7. The molecule has 7 aromatic carbocycles. The van der Waals surface area contributed by atoms with Crippen molar-refractivity contribution < 1.29 is 0 Å². The van der Waals surface area contributed by atoms with Crippen LogP contribution in [-0.2, 0) is 0 Å². The Kier molecular flexibility index (Phi) is 6.91. The van der Waals surface area contributed by atoms with Crippen LogP contribution in [0.5, 0.6) is 0 Å². The Morgan fingerprint density at radius 3 is 1.56 bits per heavy atom. The van der Waals surface area contributed by atoms with Crippen molar-refractivity contribution in [3.8, 4) is 51.8 Å². The van der Waals surface area contributed by atoms with Gasteiger partial charge in [0, 0.05) is 49.6 Å². The molecule has 9 aromatic rings. The molecule has 6 heteroatoms. The zero-order valence-corrected chi connectivity index (χ0v) is 27.5. The van der Waals surface area contributed by atoms with Gasteiger partial charge in [-0.15, -0.1) is 0 Å². The molecule has 0 saturated heterocycles. The lowest BCUT2D eigenvalue weighted by Crippen LogP contribution is -1.99. The standard InChI is InChI=1S/C46H24N6/c1-50-40-16-7-11-33(28-49)46(40)29-20-22-43-39(23-29)38-21-19-30(45-31(26-47)9-6-10-32(45)27-48)24-44(38)52(43)35-13-8-12-34(25-35)51-41-17-4-2-14-36(41)37-15-3-5-18-42(37)51/h2-25H. The van der Waals surface area contributed by atoms with Crippen molar-refractivity contribution in [3.63, 3.8) is 0 Å². The van der Waals surface area contributed by atoms with Crippen molar-refractivity contribution in [3.05, 3.63) is 174 Å². The highest BCUT2D eigenvalue weighted by atomic mass is 15.0. The predicted molar refractivity (Wildman–Crippen MR) is 206 cm³/mol. The zero-order valence-electron chi connectivity index (χ0n) is 27.5. The van der Waals surface area contributed by atoms with Gasteiger partial charge in [-0.3, -0.25) is 0 Å². The highest BCUT2D eigenvalue weighted by molar-refractivity contribution is 6.12. The molecule has 0 fully saturated rings. The third-order valence-electron chi connectivity index (χ3n) is 9.86. The van der Waals surface area contributed by atoms with E-state index in [1.807, 2.05) is 30.3 Å². The maximum Gasteiger partial charge on any atom is 0.196 e. The van der Waals surface area contributed by atoms with Gasteiger partial charge in [0.2, 0.25) is 0 Å². The van der Waals surface area contributed by atoms with Gasteiger partial charge >= 0.3 is 0 Å². The first-order valence-electron chi connectivity index (χ1n) is 16.6. The minimum absolute atomic E-state index is 0.417. The van der Waals surface area contributed by atoms with Gasteiger partial charge in [0.15, 0.2) is 5.69 Å². The second kappa shape index (κ2) is 11.9. The van der Waals surface area contributed by atoms with Crippen LogP contribution in [0.15, 0.2) is 146 Å². The summed E-state index contributed by atoms with van der Waals surface area (Å²) in [4.78, 5) is 3.74. The fourth-order valence-corrected chi connectivity index (χ4v) is 7.66. The molecule has 0 saturated carbocycles. The van der Waals surface area contributed by atoms with E-state index in [0.717, 1.165) is 55.3 Å². The summed E-state index contributed by atoms with van der Waals surface area (Å²) in [7, 11) is 0. The second-order valence-corrected chi connectivity index (χ2v) is 12.6. The van der Waals surface area contributed by atoms with E-state index in [0.29, 0.717) is 33.5 Å². The largest absolute Gasteiger partial charge is 0.309 e. The lowest BCUT2D eigenvalue weighted by Gasteiger charge is -2.14. The van der Waals surface area contributed by atoms with Crippen LogP contribution in [0.3, 0.4) is 0 Å².